The molecule has 0 aliphatic rings. The van der Waals surface area contributed by atoms with E-state index in [0.29, 0.717) is 11.5 Å². The van der Waals surface area contributed by atoms with E-state index < -0.39 is 11.6 Å². The van der Waals surface area contributed by atoms with Crippen LogP contribution in [0.1, 0.15) is 26.3 Å². The minimum atomic E-state index is -0.471. The molecule has 1 unspecified atom stereocenters. The Hall–Kier alpha value is -1.29. The first-order chi connectivity index (χ1) is 6.83. The Morgan fingerprint density at radius 2 is 2.13 bits per heavy atom. The summed E-state index contributed by atoms with van der Waals surface area (Å²) in [5.74, 6) is 0.684. The van der Waals surface area contributed by atoms with Gasteiger partial charge in [0.15, 0.2) is 0 Å². The lowest BCUT2D eigenvalue weighted by molar-refractivity contribution is 0.133. The van der Waals surface area contributed by atoms with Crippen molar-refractivity contribution in [3.8, 4) is 0 Å². The SMILES string of the molecule is Cc1cnc(NC(C)(C)C(C)O)cc1N. The number of aromatic nitrogens is 1. The molecule has 4 nitrogen and oxygen atoms in total. The average molecular weight is 209 g/mol. The lowest BCUT2D eigenvalue weighted by atomic mass is 9.99. The Labute approximate surface area is 90.5 Å². The number of aliphatic hydroxyl groups is 1. The highest BCUT2D eigenvalue weighted by molar-refractivity contribution is 5.54. The van der Waals surface area contributed by atoms with Gasteiger partial charge in [0.25, 0.3) is 0 Å². The maximum atomic E-state index is 9.54. The zero-order valence-corrected chi connectivity index (χ0v) is 9.70. The fourth-order valence-electron chi connectivity index (χ4n) is 1.04. The van der Waals surface area contributed by atoms with Crippen LogP contribution in [0.4, 0.5) is 11.5 Å². The summed E-state index contributed by atoms with van der Waals surface area (Å²) in [6.07, 6.45) is 1.25. The van der Waals surface area contributed by atoms with Gasteiger partial charge in [0.2, 0.25) is 0 Å². The van der Waals surface area contributed by atoms with Gasteiger partial charge in [-0.15, -0.1) is 0 Å². The summed E-state index contributed by atoms with van der Waals surface area (Å²) in [5, 5.41) is 12.7. The van der Waals surface area contributed by atoms with Gasteiger partial charge in [-0.3, -0.25) is 0 Å². The quantitative estimate of drug-likeness (QED) is 0.706. The van der Waals surface area contributed by atoms with Crippen LogP contribution in [0.25, 0.3) is 0 Å². The summed E-state index contributed by atoms with van der Waals surface area (Å²) in [4.78, 5) is 4.20. The van der Waals surface area contributed by atoms with E-state index in [1.165, 1.54) is 0 Å². The Bertz CT molecular complexity index is 348. The van der Waals surface area contributed by atoms with E-state index in [-0.39, 0.29) is 0 Å². The van der Waals surface area contributed by atoms with Crippen LogP contribution in [0.3, 0.4) is 0 Å². The van der Waals surface area contributed by atoms with Crippen LogP contribution in [0.15, 0.2) is 12.3 Å². The van der Waals surface area contributed by atoms with Gasteiger partial charge in [-0.05, 0) is 33.3 Å². The number of rotatable bonds is 3. The van der Waals surface area contributed by atoms with Gasteiger partial charge in [0, 0.05) is 18.0 Å². The molecule has 0 bridgehead atoms. The van der Waals surface area contributed by atoms with Crippen LogP contribution >= 0.6 is 0 Å². The number of aryl methyl sites for hydroxylation is 1. The minimum Gasteiger partial charge on any atom is -0.398 e. The number of nitrogens with zero attached hydrogens (tertiary/aromatic N) is 1. The van der Waals surface area contributed by atoms with Crippen molar-refractivity contribution in [2.45, 2.75) is 39.3 Å². The summed E-state index contributed by atoms with van der Waals surface area (Å²) < 4.78 is 0. The molecule has 1 aromatic rings. The third-order valence-electron chi connectivity index (χ3n) is 2.64. The van der Waals surface area contributed by atoms with Crippen molar-refractivity contribution in [2.75, 3.05) is 11.1 Å². The van der Waals surface area contributed by atoms with Gasteiger partial charge in [-0.25, -0.2) is 4.98 Å². The smallest absolute Gasteiger partial charge is 0.128 e. The molecule has 1 heterocycles. The van der Waals surface area contributed by atoms with Crippen molar-refractivity contribution in [1.82, 2.24) is 4.98 Å². The number of aliphatic hydroxyl groups excluding tert-OH is 1. The Kier molecular flexibility index (Phi) is 3.19. The third kappa shape index (κ3) is 2.83. The van der Waals surface area contributed by atoms with Crippen molar-refractivity contribution in [1.29, 1.82) is 0 Å². The lowest BCUT2D eigenvalue weighted by Crippen LogP contribution is -2.42. The number of nitrogens with two attached hydrogens (primary N) is 1. The molecule has 1 aromatic heterocycles. The van der Waals surface area contributed by atoms with Crippen LogP contribution < -0.4 is 11.1 Å². The number of nitrogens with one attached hydrogen (secondary N) is 1. The van der Waals surface area contributed by atoms with E-state index in [1.807, 2.05) is 20.8 Å². The van der Waals surface area contributed by atoms with Gasteiger partial charge >= 0.3 is 0 Å². The van der Waals surface area contributed by atoms with Crippen LogP contribution in [-0.4, -0.2) is 21.7 Å². The van der Waals surface area contributed by atoms with Crippen LogP contribution in [0, 0.1) is 6.92 Å². The first-order valence-electron chi connectivity index (χ1n) is 5.01. The van der Waals surface area contributed by atoms with E-state index >= 15 is 0 Å². The van der Waals surface area contributed by atoms with Crippen molar-refractivity contribution in [2.24, 2.45) is 0 Å². The van der Waals surface area contributed by atoms with Crippen molar-refractivity contribution < 1.29 is 5.11 Å². The molecule has 84 valence electrons. The molecule has 0 aliphatic heterocycles. The van der Waals surface area contributed by atoms with E-state index in [2.05, 4.69) is 10.3 Å². The predicted octanol–water partition coefficient (Wildman–Crippen LogP) is 1.54. The summed E-state index contributed by atoms with van der Waals surface area (Å²) in [5.41, 5.74) is 7.01. The van der Waals surface area contributed by atoms with E-state index in [9.17, 15) is 5.11 Å². The molecule has 4 heteroatoms. The fraction of sp³-hybridized carbons (Fsp3) is 0.545. The van der Waals surface area contributed by atoms with E-state index in [4.69, 9.17) is 5.73 Å². The van der Waals surface area contributed by atoms with Gasteiger partial charge in [-0.1, -0.05) is 0 Å². The first-order valence-corrected chi connectivity index (χ1v) is 5.01. The Morgan fingerprint density at radius 1 is 1.53 bits per heavy atom. The highest BCUT2D eigenvalue weighted by atomic mass is 16.3. The number of nitrogen functional groups attached to an aromatic ring is 1. The van der Waals surface area contributed by atoms with E-state index in [0.717, 1.165) is 5.56 Å². The summed E-state index contributed by atoms with van der Waals surface area (Å²) in [6.45, 7) is 7.47. The average Bonchev–Trinajstić information content (AvgIpc) is 2.10. The second kappa shape index (κ2) is 4.06. The van der Waals surface area contributed by atoms with Gasteiger partial charge < -0.3 is 16.2 Å². The molecule has 0 saturated carbocycles. The molecule has 0 aliphatic carbocycles. The highest BCUT2D eigenvalue weighted by Gasteiger charge is 2.24. The molecular formula is C11H19N3O. The zero-order valence-electron chi connectivity index (χ0n) is 9.70. The summed E-state index contributed by atoms with van der Waals surface area (Å²) in [6, 6.07) is 1.78. The molecule has 0 saturated heterocycles. The molecule has 15 heavy (non-hydrogen) atoms. The molecule has 0 amide bonds. The second-order valence-corrected chi connectivity index (χ2v) is 4.45. The summed E-state index contributed by atoms with van der Waals surface area (Å²) in [7, 11) is 0. The second-order valence-electron chi connectivity index (χ2n) is 4.45. The highest BCUT2D eigenvalue weighted by Crippen LogP contribution is 2.19. The largest absolute Gasteiger partial charge is 0.398 e. The summed E-state index contributed by atoms with van der Waals surface area (Å²) >= 11 is 0. The maximum Gasteiger partial charge on any atom is 0.128 e. The normalized spacial score (nSPS) is 13.7. The van der Waals surface area contributed by atoms with Crippen molar-refractivity contribution in [3.05, 3.63) is 17.8 Å². The Balaban J connectivity index is 2.86. The van der Waals surface area contributed by atoms with E-state index in [1.54, 1.807) is 19.2 Å². The lowest BCUT2D eigenvalue weighted by Gasteiger charge is -2.30. The first kappa shape index (κ1) is 11.8. The number of hydrogen-bond acceptors (Lipinski definition) is 4. The topological polar surface area (TPSA) is 71.2 Å². The standard InChI is InChI=1S/C11H19N3O/c1-7-6-13-10(5-9(7)12)14-11(3,4)8(2)15/h5-6,8,15H,1-4H3,(H3,12,13,14). The van der Waals surface area contributed by atoms with Gasteiger partial charge in [0.05, 0.1) is 11.6 Å². The molecule has 4 N–H and O–H groups in total. The molecular weight excluding hydrogens is 190 g/mol. The molecule has 0 spiro atoms. The molecule has 0 fully saturated rings. The van der Waals surface area contributed by atoms with Crippen LogP contribution in [0.2, 0.25) is 0 Å². The molecule has 1 rings (SSSR count). The van der Waals surface area contributed by atoms with Crippen LogP contribution in [0.5, 0.6) is 0 Å². The predicted molar refractivity (Wildman–Crippen MR) is 62.8 cm³/mol. The molecule has 0 radical (unpaired) electrons. The maximum absolute atomic E-state index is 9.54. The monoisotopic (exact) mass is 209 g/mol. The fourth-order valence-corrected chi connectivity index (χ4v) is 1.04. The molecule has 1 atom stereocenters. The van der Waals surface area contributed by atoms with Crippen LogP contribution in [-0.2, 0) is 0 Å². The third-order valence-corrected chi connectivity index (χ3v) is 2.64. The number of anilines is 2. The van der Waals surface area contributed by atoms with Crippen molar-refractivity contribution in [3.63, 3.8) is 0 Å². The van der Waals surface area contributed by atoms with Gasteiger partial charge in [-0.2, -0.15) is 0 Å². The molecule has 0 aromatic carbocycles. The number of pyridine rings is 1. The number of hydrogen-bond donors (Lipinski definition) is 3. The van der Waals surface area contributed by atoms with Gasteiger partial charge in [0.1, 0.15) is 5.82 Å². The Morgan fingerprint density at radius 3 is 2.60 bits per heavy atom. The van der Waals surface area contributed by atoms with Crippen molar-refractivity contribution >= 4 is 11.5 Å². The minimum absolute atomic E-state index is 0.422. The zero-order chi connectivity index (χ0) is 11.6.